The number of nitrogens with one attached hydrogen (secondary N) is 1. The highest BCUT2D eigenvalue weighted by Crippen LogP contribution is 2.28. The molecule has 2 amide bonds. The van der Waals surface area contributed by atoms with Crippen LogP contribution in [0.2, 0.25) is 0 Å². The van der Waals surface area contributed by atoms with Crippen molar-refractivity contribution in [2.45, 2.75) is 70.9 Å². The molecule has 1 heterocycles. The number of hydrogen-bond acceptors (Lipinski definition) is 2. The van der Waals surface area contributed by atoms with Crippen molar-refractivity contribution in [1.29, 1.82) is 0 Å². The summed E-state index contributed by atoms with van der Waals surface area (Å²) >= 11 is 0. The zero-order chi connectivity index (χ0) is 16.7. The van der Waals surface area contributed by atoms with Gasteiger partial charge in [-0.1, -0.05) is 32.3 Å². The van der Waals surface area contributed by atoms with Crippen molar-refractivity contribution < 1.29 is 4.79 Å². The Kier molecular flexibility index (Phi) is 6.87. The van der Waals surface area contributed by atoms with E-state index in [-0.39, 0.29) is 12.1 Å². The van der Waals surface area contributed by atoms with Crippen molar-refractivity contribution in [3.05, 3.63) is 30.1 Å². The van der Waals surface area contributed by atoms with Crippen LogP contribution in [0, 0.1) is 5.92 Å². The lowest BCUT2D eigenvalue weighted by Gasteiger charge is -2.32. The molecular weight excluding hydrogens is 286 g/mol. The number of pyridine rings is 1. The number of amides is 2. The van der Waals surface area contributed by atoms with Gasteiger partial charge in [0.15, 0.2) is 0 Å². The first-order chi connectivity index (χ1) is 11.1. The molecule has 1 N–H and O–H groups in total. The van der Waals surface area contributed by atoms with Gasteiger partial charge in [-0.3, -0.25) is 4.98 Å². The van der Waals surface area contributed by atoms with Crippen molar-refractivity contribution in [3.8, 4) is 0 Å². The lowest BCUT2D eigenvalue weighted by atomic mass is 9.83. The van der Waals surface area contributed by atoms with Crippen LogP contribution in [-0.2, 0) is 0 Å². The molecule has 0 spiro atoms. The SMILES string of the molecule is CCCCC1CCC(NC(=O)N(C)C(C)c2ccccn2)CC1. The summed E-state index contributed by atoms with van der Waals surface area (Å²) in [6, 6.07) is 6.15. The van der Waals surface area contributed by atoms with Crippen LogP contribution >= 0.6 is 0 Å². The topological polar surface area (TPSA) is 45.2 Å². The van der Waals surface area contributed by atoms with Gasteiger partial charge in [-0.05, 0) is 50.7 Å². The number of rotatable bonds is 6. The first-order valence-corrected chi connectivity index (χ1v) is 9.06. The van der Waals surface area contributed by atoms with Crippen LogP contribution in [0.5, 0.6) is 0 Å². The third kappa shape index (κ3) is 5.22. The summed E-state index contributed by atoms with van der Waals surface area (Å²) in [4.78, 5) is 18.6. The lowest BCUT2D eigenvalue weighted by Crippen LogP contribution is -2.45. The highest BCUT2D eigenvalue weighted by atomic mass is 16.2. The molecule has 1 aliphatic rings. The Morgan fingerprint density at radius 1 is 1.35 bits per heavy atom. The predicted octanol–water partition coefficient (Wildman–Crippen LogP) is 4.53. The van der Waals surface area contributed by atoms with Crippen molar-refractivity contribution in [2.24, 2.45) is 5.92 Å². The van der Waals surface area contributed by atoms with Crippen molar-refractivity contribution in [1.82, 2.24) is 15.2 Å². The number of carbonyl (C=O) groups is 1. The van der Waals surface area contributed by atoms with E-state index in [1.165, 1.54) is 32.1 Å². The zero-order valence-corrected chi connectivity index (χ0v) is 14.8. The fourth-order valence-corrected chi connectivity index (χ4v) is 3.36. The van der Waals surface area contributed by atoms with E-state index in [4.69, 9.17) is 0 Å². The van der Waals surface area contributed by atoms with Crippen molar-refractivity contribution >= 4 is 6.03 Å². The molecule has 0 bridgehead atoms. The highest BCUT2D eigenvalue weighted by molar-refractivity contribution is 5.74. The summed E-state index contributed by atoms with van der Waals surface area (Å²) in [5.74, 6) is 0.869. The van der Waals surface area contributed by atoms with E-state index in [0.29, 0.717) is 6.04 Å². The second-order valence-electron chi connectivity index (χ2n) is 6.85. The van der Waals surface area contributed by atoms with Gasteiger partial charge in [0.1, 0.15) is 0 Å². The number of nitrogens with zero attached hydrogens (tertiary/aromatic N) is 2. The van der Waals surface area contributed by atoms with Gasteiger partial charge in [0.05, 0.1) is 11.7 Å². The van der Waals surface area contributed by atoms with Crippen LogP contribution in [0.4, 0.5) is 4.79 Å². The van der Waals surface area contributed by atoms with E-state index < -0.39 is 0 Å². The maximum atomic E-state index is 12.5. The van der Waals surface area contributed by atoms with E-state index >= 15 is 0 Å². The van der Waals surface area contributed by atoms with Crippen LogP contribution in [-0.4, -0.2) is 29.0 Å². The molecule has 4 nitrogen and oxygen atoms in total. The van der Waals surface area contributed by atoms with Crippen LogP contribution in [0.15, 0.2) is 24.4 Å². The van der Waals surface area contributed by atoms with Gasteiger partial charge in [0, 0.05) is 19.3 Å². The average molecular weight is 317 g/mol. The predicted molar refractivity (Wildman–Crippen MR) is 94.2 cm³/mol. The van der Waals surface area contributed by atoms with Crippen LogP contribution in [0.1, 0.15) is 70.5 Å². The minimum absolute atomic E-state index is 0.0140. The number of unbranched alkanes of at least 4 members (excludes halogenated alkanes) is 1. The summed E-state index contributed by atoms with van der Waals surface area (Å²) in [6.45, 7) is 4.27. The standard InChI is InChI=1S/C19H31N3O/c1-4-5-8-16-10-12-17(13-11-16)21-19(23)22(3)15(2)18-9-6-7-14-20-18/h6-7,9,14-17H,4-5,8,10-13H2,1-3H3,(H,21,23). The monoisotopic (exact) mass is 317 g/mol. The number of aromatic nitrogens is 1. The molecule has 0 aromatic carbocycles. The molecule has 0 saturated heterocycles. The zero-order valence-electron chi connectivity index (χ0n) is 14.8. The van der Waals surface area contributed by atoms with Gasteiger partial charge in [-0.2, -0.15) is 0 Å². The van der Waals surface area contributed by atoms with Crippen LogP contribution < -0.4 is 5.32 Å². The largest absolute Gasteiger partial charge is 0.335 e. The Labute approximate surface area is 140 Å². The summed E-state index contributed by atoms with van der Waals surface area (Å²) in [5, 5.41) is 3.21. The molecule has 1 atom stereocenters. The highest BCUT2D eigenvalue weighted by Gasteiger charge is 2.25. The second kappa shape index (κ2) is 8.90. The van der Waals surface area contributed by atoms with Gasteiger partial charge in [-0.25, -0.2) is 4.79 Å². The van der Waals surface area contributed by atoms with Gasteiger partial charge >= 0.3 is 6.03 Å². The summed E-state index contributed by atoms with van der Waals surface area (Å²) in [7, 11) is 1.85. The van der Waals surface area contributed by atoms with E-state index in [0.717, 1.165) is 24.5 Å². The molecule has 1 aliphatic carbocycles. The second-order valence-corrected chi connectivity index (χ2v) is 6.85. The molecule has 2 rings (SSSR count). The molecule has 1 aromatic rings. The molecule has 1 fully saturated rings. The van der Waals surface area contributed by atoms with Crippen molar-refractivity contribution in [3.63, 3.8) is 0 Å². The first kappa shape index (κ1) is 17.8. The fraction of sp³-hybridized carbons (Fsp3) is 0.684. The average Bonchev–Trinajstić information content (AvgIpc) is 2.60. The van der Waals surface area contributed by atoms with E-state index in [1.807, 2.05) is 32.2 Å². The molecule has 4 heteroatoms. The summed E-state index contributed by atoms with van der Waals surface area (Å²) in [5.41, 5.74) is 0.924. The summed E-state index contributed by atoms with van der Waals surface area (Å²) in [6.07, 6.45) is 10.5. The number of hydrogen-bond donors (Lipinski definition) is 1. The number of carbonyl (C=O) groups excluding carboxylic acids is 1. The minimum Gasteiger partial charge on any atom is -0.335 e. The number of urea groups is 1. The Balaban J connectivity index is 1.78. The molecule has 128 valence electrons. The molecular formula is C19H31N3O. The van der Waals surface area contributed by atoms with Gasteiger partial charge < -0.3 is 10.2 Å². The quantitative estimate of drug-likeness (QED) is 0.837. The molecule has 0 aliphatic heterocycles. The third-order valence-corrected chi connectivity index (χ3v) is 5.16. The maximum Gasteiger partial charge on any atom is 0.317 e. The lowest BCUT2D eigenvalue weighted by molar-refractivity contribution is 0.181. The van der Waals surface area contributed by atoms with E-state index in [1.54, 1.807) is 11.1 Å². The maximum absolute atomic E-state index is 12.5. The Morgan fingerprint density at radius 2 is 2.09 bits per heavy atom. The Bertz CT molecular complexity index is 469. The van der Waals surface area contributed by atoms with Gasteiger partial charge in [0.2, 0.25) is 0 Å². The van der Waals surface area contributed by atoms with E-state index in [2.05, 4.69) is 17.2 Å². The Hall–Kier alpha value is -1.58. The smallest absolute Gasteiger partial charge is 0.317 e. The van der Waals surface area contributed by atoms with Crippen LogP contribution in [0.25, 0.3) is 0 Å². The minimum atomic E-state index is -0.0166. The molecule has 23 heavy (non-hydrogen) atoms. The van der Waals surface area contributed by atoms with Gasteiger partial charge in [0.25, 0.3) is 0 Å². The summed E-state index contributed by atoms with van der Waals surface area (Å²) < 4.78 is 0. The van der Waals surface area contributed by atoms with E-state index in [9.17, 15) is 4.79 Å². The molecule has 1 unspecified atom stereocenters. The molecule has 0 radical (unpaired) electrons. The first-order valence-electron chi connectivity index (χ1n) is 9.06. The molecule has 1 saturated carbocycles. The van der Waals surface area contributed by atoms with Crippen LogP contribution in [0.3, 0.4) is 0 Å². The molecule has 1 aromatic heterocycles. The fourth-order valence-electron chi connectivity index (χ4n) is 3.36. The van der Waals surface area contributed by atoms with Gasteiger partial charge in [-0.15, -0.1) is 0 Å². The van der Waals surface area contributed by atoms with Crippen molar-refractivity contribution in [2.75, 3.05) is 7.05 Å². The normalized spacial score (nSPS) is 22.4. The Morgan fingerprint density at radius 3 is 2.70 bits per heavy atom. The third-order valence-electron chi connectivity index (χ3n) is 5.16.